The van der Waals surface area contributed by atoms with E-state index in [1.165, 1.54) is 17.8 Å². The summed E-state index contributed by atoms with van der Waals surface area (Å²) in [6.07, 6.45) is 9.93. The lowest BCUT2D eigenvalue weighted by molar-refractivity contribution is -0.126. The van der Waals surface area contributed by atoms with E-state index in [-0.39, 0.29) is 17.2 Å². The number of nitrogens with zero attached hydrogens (tertiary/aromatic N) is 1. The summed E-state index contributed by atoms with van der Waals surface area (Å²) in [6.45, 7) is 1.57. The van der Waals surface area contributed by atoms with E-state index in [1.807, 2.05) is 17.5 Å². The summed E-state index contributed by atoms with van der Waals surface area (Å²) in [4.78, 5) is 29.1. The van der Waals surface area contributed by atoms with E-state index >= 15 is 0 Å². The molecule has 0 bridgehead atoms. The fraction of sp³-hybridized carbons (Fsp3) is 0.571. The van der Waals surface area contributed by atoms with Crippen LogP contribution in [0.4, 0.5) is 5.13 Å². The molecule has 7 nitrogen and oxygen atoms in total. The third-order valence-electron chi connectivity index (χ3n) is 5.28. The molecule has 2 aromatic heterocycles. The fourth-order valence-electron chi connectivity index (χ4n) is 3.88. The van der Waals surface area contributed by atoms with Crippen molar-refractivity contribution in [2.45, 2.75) is 58.0 Å². The third kappa shape index (κ3) is 7.29. The number of hydrogen-bond acceptors (Lipinski definition) is 6. The summed E-state index contributed by atoms with van der Waals surface area (Å²) in [6, 6.07) is 3.70. The van der Waals surface area contributed by atoms with E-state index in [0.717, 1.165) is 37.9 Å². The van der Waals surface area contributed by atoms with Crippen LogP contribution in [0.25, 0.3) is 0 Å². The van der Waals surface area contributed by atoms with Gasteiger partial charge in [-0.25, -0.2) is 4.98 Å². The number of aromatic nitrogens is 1. The number of furan rings is 1. The molecular weight excluding hydrogens is 390 g/mol. The van der Waals surface area contributed by atoms with Gasteiger partial charge in [0.05, 0.1) is 6.26 Å². The van der Waals surface area contributed by atoms with Crippen molar-refractivity contribution in [1.82, 2.24) is 10.3 Å². The number of carbonyl (C=O) groups is 2. The minimum atomic E-state index is -0.251. The van der Waals surface area contributed by atoms with Crippen LogP contribution in [0.2, 0.25) is 0 Å². The van der Waals surface area contributed by atoms with E-state index < -0.39 is 0 Å². The Kier molecular flexibility index (Phi) is 8.25. The summed E-state index contributed by atoms with van der Waals surface area (Å²) < 4.78 is 10.7. The maximum atomic E-state index is 12.5. The number of rotatable bonds is 11. The number of amides is 2. The van der Waals surface area contributed by atoms with Gasteiger partial charge in [0, 0.05) is 37.6 Å². The van der Waals surface area contributed by atoms with Crippen LogP contribution in [0.5, 0.6) is 0 Å². The van der Waals surface area contributed by atoms with Crippen LogP contribution >= 0.6 is 11.3 Å². The lowest BCUT2D eigenvalue weighted by Crippen LogP contribution is -2.36. The molecule has 2 heterocycles. The van der Waals surface area contributed by atoms with Gasteiger partial charge in [0.25, 0.3) is 0 Å². The molecule has 0 unspecified atom stereocenters. The summed E-state index contributed by atoms with van der Waals surface area (Å²) in [5.74, 6) is 0.755. The molecule has 2 N–H and O–H groups in total. The molecule has 1 aliphatic rings. The quantitative estimate of drug-likeness (QED) is 0.534. The van der Waals surface area contributed by atoms with Crippen LogP contribution in [0.1, 0.15) is 57.1 Å². The molecule has 0 saturated heterocycles. The number of thiazole rings is 1. The molecule has 0 spiro atoms. The van der Waals surface area contributed by atoms with Gasteiger partial charge < -0.3 is 19.8 Å². The molecule has 0 aromatic carbocycles. The van der Waals surface area contributed by atoms with Crippen LogP contribution in [0, 0.1) is 5.41 Å². The largest absolute Gasteiger partial charge is 0.467 e. The average molecular weight is 420 g/mol. The van der Waals surface area contributed by atoms with Crippen molar-refractivity contribution in [3.8, 4) is 0 Å². The van der Waals surface area contributed by atoms with Crippen molar-refractivity contribution in [3.05, 3.63) is 35.7 Å². The Labute approximate surface area is 175 Å². The lowest BCUT2D eigenvalue weighted by Gasteiger charge is -2.36. The average Bonchev–Trinajstić information content (AvgIpc) is 3.39. The highest BCUT2D eigenvalue weighted by Crippen LogP contribution is 2.42. The van der Waals surface area contributed by atoms with Crippen LogP contribution in [0.3, 0.4) is 0 Å². The van der Waals surface area contributed by atoms with E-state index in [4.69, 9.17) is 9.15 Å². The molecule has 29 heavy (non-hydrogen) atoms. The normalized spacial score (nSPS) is 15.7. The molecule has 0 atom stereocenters. The Morgan fingerprint density at radius 3 is 2.76 bits per heavy atom. The number of ether oxygens (including phenoxy) is 1. The van der Waals surface area contributed by atoms with Crippen molar-refractivity contribution >= 4 is 28.3 Å². The minimum Gasteiger partial charge on any atom is -0.467 e. The fourth-order valence-corrected chi connectivity index (χ4v) is 4.42. The molecular formula is C21H29N3O4S. The molecule has 2 amide bonds. The highest BCUT2D eigenvalue weighted by molar-refractivity contribution is 7.13. The maximum Gasteiger partial charge on any atom is 0.226 e. The van der Waals surface area contributed by atoms with Gasteiger partial charge in [-0.3, -0.25) is 9.59 Å². The first-order valence-electron chi connectivity index (χ1n) is 10.2. The van der Waals surface area contributed by atoms with Gasteiger partial charge in [-0.2, -0.15) is 0 Å². The predicted molar refractivity (Wildman–Crippen MR) is 111 cm³/mol. The van der Waals surface area contributed by atoms with Gasteiger partial charge in [0.15, 0.2) is 5.13 Å². The molecule has 8 heteroatoms. The van der Waals surface area contributed by atoms with Gasteiger partial charge in [0.1, 0.15) is 12.4 Å². The Balaban J connectivity index is 1.39. The third-order valence-corrected chi connectivity index (χ3v) is 5.96. The zero-order valence-corrected chi connectivity index (χ0v) is 17.5. The van der Waals surface area contributed by atoms with E-state index in [1.54, 1.807) is 12.5 Å². The number of nitrogens with one attached hydrogen (secondary N) is 2. The molecule has 1 fully saturated rings. The van der Waals surface area contributed by atoms with E-state index in [9.17, 15) is 9.59 Å². The Bertz CT molecular complexity index is 740. The van der Waals surface area contributed by atoms with Crippen molar-refractivity contribution in [2.75, 3.05) is 18.5 Å². The summed E-state index contributed by atoms with van der Waals surface area (Å²) >= 11 is 1.40. The van der Waals surface area contributed by atoms with E-state index in [0.29, 0.717) is 37.7 Å². The van der Waals surface area contributed by atoms with Crippen LogP contribution in [-0.2, 0) is 20.9 Å². The minimum absolute atomic E-state index is 0.0139. The predicted octanol–water partition coefficient (Wildman–Crippen LogP) is 4.13. The monoisotopic (exact) mass is 419 g/mol. The van der Waals surface area contributed by atoms with Gasteiger partial charge in [-0.1, -0.05) is 19.3 Å². The zero-order valence-electron chi connectivity index (χ0n) is 16.7. The van der Waals surface area contributed by atoms with Crippen LogP contribution in [0.15, 0.2) is 34.4 Å². The number of hydrogen-bond donors (Lipinski definition) is 2. The smallest absolute Gasteiger partial charge is 0.226 e. The highest BCUT2D eigenvalue weighted by Gasteiger charge is 2.36. The van der Waals surface area contributed by atoms with Crippen molar-refractivity contribution < 1.29 is 18.7 Å². The van der Waals surface area contributed by atoms with E-state index in [2.05, 4.69) is 15.6 Å². The SMILES string of the molecule is O=C(CC1(CC(=O)Nc2nccs2)CCCCC1)NCCCOCc1ccco1. The molecule has 0 aliphatic heterocycles. The molecule has 2 aromatic rings. The van der Waals surface area contributed by atoms with Gasteiger partial charge >= 0.3 is 0 Å². The Morgan fingerprint density at radius 2 is 2.03 bits per heavy atom. The number of carbonyl (C=O) groups excluding carboxylic acids is 2. The topological polar surface area (TPSA) is 93.5 Å². The van der Waals surface area contributed by atoms with Crippen LogP contribution in [-0.4, -0.2) is 29.9 Å². The van der Waals surface area contributed by atoms with Crippen molar-refractivity contribution in [2.24, 2.45) is 5.41 Å². The number of anilines is 1. The summed E-state index contributed by atoms with van der Waals surface area (Å²) in [5, 5.41) is 8.28. The Hall–Kier alpha value is -2.19. The van der Waals surface area contributed by atoms with Crippen molar-refractivity contribution in [1.29, 1.82) is 0 Å². The second-order valence-electron chi connectivity index (χ2n) is 7.64. The summed E-state index contributed by atoms with van der Waals surface area (Å²) in [5.41, 5.74) is -0.251. The standard InChI is InChI=1S/C21H29N3O4S/c25-18(22-9-5-11-27-16-17-6-4-12-28-17)14-21(7-2-1-3-8-21)15-19(26)24-20-23-10-13-29-20/h4,6,10,12-13H,1-3,5,7-9,11,14-16H2,(H,22,25)(H,23,24,26). The van der Waals surface area contributed by atoms with Crippen molar-refractivity contribution in [3.63, 3.8) is 0 Å². The lowest BCUT2D eigenvalue weighted by atomic mass is 9.69. The molecule has 158 valence electrons. The zero-order chi connectivity index (χ0) is 20.4. The first-order chi connectivity index (χ1) is 14.2. The summed E-state index contributed by atoms with van der Waals surface area (Å²) in [7, 11) is 0. The first kappa shape index (κ1) is 21.5. The van der Waals surface area contributed by atoms with Gasteiger partial charge in [-0.15, -0.1) is 11.3 Å². The molecule has 1 saturated carbocycles. The van der Waals surface area contributed by atoms with Gasteiger partial charge in [-0.05, 0) is 36.8 Å². The second kappa shape index (κ2) is 11.1. The second-order valence-corrected chi connectivity index (χ2v) is 8.53. The molecule has 0 radical (unpaired) electrons. The highest BCUT2D eigenvalue weighted by atomic mass is 32.1. The Morgan fingerprint density at radius 1 is 1.21 bits per heavy atom. The van der Waals surface area contributed by atoms with Gasteiger partial charge in [0.2, 0.25) is 11.8 Å². The molecule has 3 rings (SSSR count). The maximum absolute atomic E-state index is 12.5. The first-order valence-corrected chi connectivity index (χ1v) is 11.1. The molecule has 1 aliphatic carbocycles. The van der Waals surface area contributed by atoms with Crippen LogP contribution < -0.4 is 10.6 Å².